The predicted molar refractivity (Wildman–Crippen MR) is 126 cm³/mol. The van der Waals surface area contributed by atoms with E-state index in [9.17, 15) is 18.5 Å². The van der Waals surface area contributed by atoms with E-state index in [1.54, 1.807) is 24.3 Å². The second kappa shape index (κ2) is 10.2. The summed E-state index contributed by atoms with van der Waals surface area (Å²) in [6.07, 6.45) is 1.29. The van der Waals surface area contributed by atoms with Crippen LogP contribution in [0.5, 0.6) is 11.5 Å². The van der Waals surface area contributed by atoms with E-state index in [4.69, 9.17) is 21.1 Å². The number of benzene rings is 3. The molecule has 0 aliphatic carbocycles. The van der Waals surface area contributed by atoms with Crippen LogP contribution in [-0.2, 0) is 14.8 Å². The molecule has 0 bridgehead atoms. The fourth-order valence-corrected chi connectivity index (χ4v) is 4.52. The number of para-hydroxylation sites is 1. The zero-order valence-corrected chi connectivity index (χ0v) is 19.3. The van der Waals surface area contributed by atoms with Crippen molar-refractivity contribution in [3.05, 3.63) is 89.0 Å². The first-order chi connectivity index (χ1) is 15.8. The van der Waals surface area contributed by atoms with Crippen molar-refractivity contribution in [2.24, 2.45) is 0 Å². The Morgan fingerprint density at radius 1 is 0.970 bits per heavy atom. The maximum absolute atomic E-state index is 13.5. The molecule has 0 aliphatic heterocycles. The SMILES string of the molecule is COc1ccc(N(C(=O)/C(C#N)=C/c2ccccc2OC)S(=O)(=O)c2ccc(Cl)cc2)cc1. The first kappa shape index (κ1) is 23.9. The Kier molecular flexibility index (Phi) is 7.38. The third-order valence-corrected chi connectivity index (χ3v) is 6.61. The van der Waals surface area contributed by atoms with E-state index in [1.165, 1.54) is 68.8 Å². The zero-order chi connectivity index (χ0) is 24.0. The topological polar surface area (TPSA) is 96.7 Å². The first-order valence-electron chi connectivity index (χ1n) is 9.56. The van der Waals surface area contributed by atoms with Gasteiger partial charge in [-0.05, 0) is 60.7 Å². The summed E-state index contributed by atoms with van der Waals surface area (Å²) in [5.41, 5.74) is 0.0910. The second-order valence-electron chi connectivity index (χ2n) is 6.64. The van der Waals surface area contributed by atoms with Crippen LogP contribution >= 0.6 is 11.6 Å². The van der Waals surface area contributed by atoms with Gasteiger partial charge in [-0.15, -0.1) is 0 Å². The molecule has 0 spiro atoms. The van der Waals surface area contributed by atoms with Crippen molar-refractivity contribution in [3.63, 3.8) is 0 Å². The number of carbonyl (C=O) groups excluding carboxylic acids is 1. The third-order valence-electron chi connectivity index (χ3n) is 4.63. The Morgan fingerprint density at radius 3 is 2.18 bits per heavy atom. The molecule has 0 atom stereocenters. The van der Waals surface area contributed by atoms with Crippen LogP contribution in [0.3, 0.4) is 0 Å². The van der Waals surface area contributed by atoms with Gasteiger partial charge in [0.25, 0.3) is 15.9 Å². The van der Waals surface area contributed by atoms with E-state index in [2.05, 4.69) is 0 Å². The molecule has 3 aromatic carbocycles. The van der Waals surface area contributed by atoms with Crippen molar-refractivity contribution < 1.29 is 22.7 Å². The van der Waals surface area contributed by atoms with Gasteiger partial charge < -0.3 is 9.47 Å². The maximum atomic E-state index is 13.5. The largest absolute Gasteiger partial charge is 0.497 e. The fourth-order valence-electron chi connectivity index (χ4n) is 2.99. The minimum Gasteiger partial charge on any atom is -0.497 e. The zero-order valence-electron chi connectivity index (χ0n) is 17.7. The monoisotopic (exact) mass is 482 g/mol. The number of ether oxygens (including phenoxy) is 2. The van der Waals surface area contributed by atoms with Crippen LogP contribution in [0.4, 0.5) is 5.69 Å². The first-order valence-corrected chi connectivity index (χ1v) is 11.4. The molecular weight excluding hydrogens is 464 g/mol. The molecule has 0 heterocycles. The van der Waals surface area contributed by atoms with Gasteiger partial charge in [-0.25, -0.2) is 8.42 Å². The molecule has 3 aromatic rings. The van der Waals surface area contributed by atoms with E-state index in [0.29, 0.717) is 26.4 Å². The van der Waals surface area contributed by atoms with Gasteiger partial charge in [0.2, 0.25) is 0 Å². The Hall–Kier alpha value is -3.80. The second-order valence-corrected chi connectivity index (χ2v) is 8.86. The van der Waals surface area contributed by atoms with E-state index in [1.807, 2.05) is 6.07 Å². The summed E-state index contributed by atoms with van der Waals surface area (Å²) in [6.45, 7) is 0. The number of rotatable bonds is 7. The number of nitrogens with zero attached hydrogens (tertiary/aromatic N) is 2. The van der Waals surface area contributed by atoms with Gasteiger partial charge in [-0.1, -0.05) is 29.8 Å². The van der Waals surface area contributed by atoms with Crippen molar-refractivity contribution in [1.29, 1.82) is 5.26 Å². The van der Waals surface area contributed by atoms with Crippen molar-refractivity contribution >= 4 is 39.3 Å². The molecule has 0 N–H and O–H groups in total. The molecule has 0 saturated heterocycles. The molecule has 1 amide bonds. The summed E-state index contributed by atoms with van der Waals surface area (Å²) < 4.78 is 38.0. The molecule has 9 heteroatoms. The molecular formula is C24H19ClN2O5S. The van der Waals surface area contributed by atoms with Gasteiger partial charge in [-0.3, -0.25) is 4.79 Å². The average Bonchev–Trinajstić information content (AvgIpc) is 2.83. The van der Waals surface area contributed by atoms with Gasteiger partial charge in [0.05, 0.1) is 24.8 Å². The molecule has 0 saturated carbocycles. The van der Waals surface area contributed by atoms with Crippen LogP contribution < -0.4 is 13.8 Å². The molecule has 0 aromatic heterocycles. The van der Waals surface area contributed by atoms with Crippen molar-refractivity contribution in [1.82, 2.24) is 0 Å². The number of hydrogen-bond acceptors (Lipinski definition) is 6. The highest BCUT2D eigenvalue weighted by Crippen LogP contribution is 2.29. The lowest BCUT2D eigenvalue weighted by atomic mass is 10.1. The van der Waals surface area contributed by atoms with Crippen LogP contribution in [0.2, 0.25) is 5.02 Å². The minimum atomic E-state index is -4.39. The highest BCUT2D eigenvalue weighted by Gasteiger charge is 2.33. The molecule has 0 radical (unpaired) electrons. The molecule has 168 valence electrons. The Bertz CT molecular complexity index is 1330. The number of sulfonamides is 1. The Balaban J connectivity index is 2.17. The van der Waals surface area contributed by atoms with Crippen LogP contribution in [0, 0.1) is 11.3 Å². The van der Waals surface area contributed by atoms with Crippen LogP contribution in [0.1, 0.15) is 5.56 Å². The number of hydrogen-bond donors (Lipinski definition) is 0. The van der Waals surface area contributed by atoms with E-state index >= 15 is 0 Å². The molecule has 7 nitrogen and oxygen atoms in total. The normalized spacial score (nSPS) is 11.4. The predicted octanol–water partition coefficient (Wildman–Crippen LogP) is 4.69. The Morgan fingerprint density at radius 2 is 1.61 bits per heavy atom. The Labute approximate surface area is 197 Å². The summed E-state index contributed by atoms with van der Waals surface area (Å²) in [6, 6.07) is 19.8. The van der Waals surface area contributed by atoms with Crippen LogP contribution in [-0.4, -0.2) is 28.5 Å². The number of nitriles is 1. The lowest BCUT2D eigenvalue weighted by molar-refractivity contribution is -0.113. The van der Waals surface area contributed by atoms with Gasteiger partial charge in [0.1, 0.15) is 23.1 Å². The number of halogens is 1. The van der Waals surface area contributed by atoms with Crippen molar-refractivity contribution in [2.75, 3.05) is 18.5 Å². The lowest BCUT2D eigenvalue weighted by Crippen LogP contribution is -2.37. The van der Waals surface area contributed by atoms with E-state index in [-0.39, 0.29) is 10.6 Å². The number of carbonyl (C=O) groups is 1. The minimum absolute atomic E-state index is 0.0388. The summed E-state index contributed by atoms with van der Waals surface area (Å²) >= 11 is 5.89. The molecule has 0 aliphatic rings. The van der Waals surface area contributed by atoms with Gasteiger partial charge in [0.15, 0.2) is 0 Å². The lowest BCUT2D eigenvalue weighted by Gasteiger charge is -2.22. The summed E-state index contributed by atoms with van der Waals surface area (Å²) in [5.74, 6) is -0.127. The number of amides is 1. The highest BCUT2D eigenvalue weighted by atomic mass is 35.5. The highest BCUT2D eigenvalue weighted by molar-refractivity contribution is 7.93. The van der Waals surface area contributed by atoms with Crippen molar-refractivity contribution in [3.8, 4) is 17.6 Å². The maximum Gasteiger partial charge on any atom is 0.282 e. The molecule has 33 heavy (non-hydrogen) atoms. The van der Waals surface area contributed by atoms with Gasteiger partial charge in [-0.2, -0.15) is 9.57 Å². The smallest absolute Gasteiger partial charge is 0.282 e. The summed E-state index contributed by atoms with van der Waals surface area (Å²) in [5, 5.41) is 10.1. The average molecular weight is 483 g/mol. The van der Waals surface area contributed by atoms with E-state index < -0.39 is 21.5 Å². The van der Waals surface area contributed by atoms with Gasteiger partial charge >= 0.3 is 0 Å². The fraction of sp³-hybridized carbons (Fsp3) is 0.0833. The summed E-state index contributed by atoms with van der Waals surface area (Å²) in [7, 11) is -1.47. The third kappa shape index (κ3) is 5.17. The molecule has 0 fully saturated rings. The summed E-state index contributed by atoms with van der Waals surface area (Å²) in [4.78, 5) is 13.3. The molecule has 3 rings (SSSR count). The molecule has 0 unspecified atom stereocenters. The van der Waals surface area contributed by atoms with E-state index in [0.717, 1.165) is 0 Å². The number of anilines is 1. The standard InChI is InChI=1S/C24H19ClN2O5S/c1-31-21-11-9-20(10-12-21)27(33(29,30)22-13-7-19(25)8-14-22)24(28)18(16-26)15-17-5-3-4-6-23(17)32-2/h3-15H,1-2H3/b18-15+. The van der Waals surface area contributed by atoms with Gasteiger partial charge in [0, 0.05) is 10.6 Å². The quantitative estimate of drug-likeness (QED) is 0.358. The van der Waals surface area contributed by atoms with Crippen LogP contribution in [0.15, 0.2) is 83.3 Å². The number of methoxy groups -OCH3 is 2. The van der Waals surface area contributed by atoms with Crippen LogP contribution in [0.25, 0.3) is 6.08 Å². The van der Waals surface area contributed by atoms with Crippen molar-refractivity contribution in [2.45, 2.75) is 4.90 Å².